The van der Waals surface area contributed by atoms with Gasteiger partial charge in [-0.15, -0.1) is 11.6 Å². The number of methoxy groups -OCH3 is 2. The van der Waals surface area contributed by atoms with E-state index in [1.165, 1.54) is 18.2 Å². The largest absolute Gasteiger partial charge is 0.778 e. The highest BCUT2D eigenvalue weighted by Crippen LogP contribution is 2.34. The molecule has 0 bridgehead atoms. The number of aryl methyl sites for hydroxylation is 2. The van der Waals surface area contributed by atoms with E-state index < -0.39 is 37.3 Å². The third-order valence-electron chi connectivity index (χ3n) is 6.45. The van der Waals surface area contributed by atoms with Crippen LogP contribution in [0.2, 0.25) is 10.0 Å². The zero-order valence-electron chi connectivity index (χ0n) is 31.7. The molecule has 0 aromatic heterocycles. The third kappa shape index (κ3) is 20.3. The van der Waals surface area contributed by atoms with Crippen LogP contribution in [-0.4, -0.2) is 97.1 Å². The van der Waals surface area contributed by atoms with Crippen molar-refractivity contribution >= 4 is 82.5 Å². The first kappa shape index (κ1) is 51.6. The Morgan fingerprint density at radius 3 is 2.16 bits per heavy atom. The number of hydrogen-bond acceptors (Lipinski definition) is 11. The molecular formula is C35H47Cl3N3O12PS. The molecule has 0 saturated carbocycles. The molecule has 3 N–H and O–H groups in total. The summed E-state index contributed by atoms with van der Waals surface area (Å²) in [6.45, 7) is 6.08. The van der Waals surface area contributed by atoms with Crippen LogP contribution >= 0.6 is 42.4 Å². The highest BCUT2D eigenvalue weighted by molar-refractivity contribution is 7.94. The molecule has 0 heterocycles. The lowest BCUT2D eigenvalue weighted by atomic mass is 10.0. The van der Waals surface area contributed by atoms with Crippen LogP contribution in [0.3, 0.4) is 0 Å². The number of rotatable bonds is 14. The Bertz CT molecular complexity index is 1760. The summed E-state index contributed by atoms with van der Waals surface area (Å²) in [7, 11) is -0.936. The van der Waals surface area contributed by atoms with Crippen LogP contribution in [-0.2, 0) is 40.9 Å². The highest BCUT2D eigenvalue weighted by atomic mass is 35.5. The molecule has 1 amide bonds. The number of nitrogens with one attached hydrogen (secondary N) is 1. The summed E-state index contributed by atoms with van der Waals surface area (Å²) in [6, 6.07) is 14.4. The van der Waals surface area contributed by atoms with Crippen LogP contribution in [0.1, 0.15) is 35.3 Å². The fourth-order valence-electron chi connectivity index (χ4n) is 4.32. The Hall–Kier alpha value is -3.44. The topological polar surface area (TPSA) is 218 Å². The maximum atomic E-state index is 12.2. The van der Waals surface area contributed by atoms with Gasteiger partial charge in [0.1, 0.15) is 30.5 Å². The minimum absolute atomic E-state index is 0.0223. The molecule has 3 aromatic carbocycles. The summed E-state index contributed by atoms with van der Waals surface area (Å²) in [4.78, 5) is 63.6. The quantitative estimate of drug-likeness (QED) is 0.0405. The summed E-state index contributed by atoms with van der Waals surface area (Å²) < 4.78 is 25.2. The number of benzene rings is 3. The van der Waals surface area contributed by atoms with E-state index in [-0.39, 0.29) is 39.9 Å². The SMILES string of the molecule is CCc1cccc(C)c1N(C(=O)CCl)C(C)COC.COC(=O)c1cc(Oc2ccc(Cl)cc2Cl)ccc1[N+](=O)[O-].C[S+](C)C.O=C(O)CNCP(=O)([O-])O. The maximum absolute atomic E-state index is 12.2. The molecule has 3 rings (SSSR count). The number of para-hydroxylation sites is 1. The molecule has 0 spiro atoms. The second kappa shape index (κ2) is 26.4. The van der Waals surface area contributed by atoms with E-state index in [1.54, 1.807) is 24.1 Å². The Morgan fingerprint density at radius 2 is 1.69 bits per heavy atom. The van der Waals surface area contributed by atoms with Crippen molar-refractivity contribution in [3.05, 3.63) is 91.4 Å². The summed E-state index contributed by atoms with van der Waals surface area (Å²) in [5, 5.41) is 21.6. The van der Waals surface area contributed by atoms with Crippen molar-refractivity contribution < 1.29 is 53.0 Å². The third-order valence-corrected chi connectivity index (χ3v) is 7.84. The van der Waals surface area contributed by atoms with Crippen molar-refractivity contribution in [1.29, 1.82) is 0 Å². The lowest BCUT2D eigenvalue weighted by Crippen LogP contribution is -2.43. The minimum atomic E-state index is -4.35. The molecule has 20 heteroatoms. The average molecular weight is 871 g/mol. The monoisotopic (exact) mass is 869 g/mol. The molecule has 0 fully saturated rings. The zero-order valence-corrected chi connectivity index (χ0v) is 35.6. The van der Waals surface area contributed by atoms with Gasteiger partial charge in [0.15, 0.2) is 0 Å². The van der Waals surface area contributed by atoms with Gasteiger partial charge < -0.3 is 38.6 Å². The van der Waals surface area contributed by atoms with Gasteiger partial charge in [-0.1, -0.05) is 48.3 Å². The van der Waals surface area contributed by atoms with E-state index in [0.717, 1.165) is 36.4 Å². The van der Waals surface area contributed by atoms with Gasteiger partial charge in [0, 0.05) is 24.3 Å². The molecule has 3 aromatic rings. The second-order valence-electron chi connectivity index (χ2n) is 11.6. The Labute approximate surface area is 338 Å². The standard InChI is InChI=1S/C15H22ClNO2.C14H9Cl2NO5.C3H8NO5P.C3H9S/c1-5-13-8-6-7-11(2)15(13)17(14(18)9-16)12(3)10-19-4;1-21-14(18)10-7-9(3-4-12(10)17(19)20)22-13-5-2-8(15)6-11(13)16;5-3(6)1-4-2-10(7,8)9;1-4(2)3/h6-8,12H,5,9-10H2,1-4H3;2-7H,1H3;4H,1-2H2,(H,5,6)(H2,7,8,9);1-3H3/q;;;+1/p-1. The summed E-state index contributed by atoms with van der Waals surface area (Å²) in [6.07, 6.45) is 6.75. The Morgan fingerprint density at radius 1 is 1.07 bits per heavy atom. The van der Waals surface area contributed by atoms with Gasteiger partial charge in [0.05, 0.1) is 67.0 Å². The van der Waals surface area contributed by atoms with Gasteiger partial charge in [0.2, 0.25) is 5.91 Å². The summed E-state index contributed by atoms with van der Waals surface area (Å²) in [5.41, 5.74) is 2.62. The molecule has 2 atom stereocenters. The van der Waals surface area contributed by atoms with Crippen LogP contribution in [0.25, 0.3) is 0 Å². The van der Waals surface area contributed by atoms with Crippen molar-refractivity contribution in [2.45, 2.75) is 33.2 Å². The van der Waals surface area contributed by atoms with E-state index in [1.807, 2.05) is 31.3 Å². The molecule has 2 unspecified atom stereocenters. The number of carboxylic acids is 1. The van der Waals surface area contributed by atoms with Gasteiger partial charge in [-0.05, 0) is 66.6 Å². The van der Waals surface area contributed by atoms with Crippen LogP contribution in [0, 0.1) is 17.0 Å². The number of nitrogens with zero attached hydrogens (tertiary/aromatic N) is 2. The number of carbonyl (C=O) groups is 3. The normalized spacial score (nSPS) is 11.9. The van der Waals surface area contributed by atoms with Crippen LogP contribution in [0.15, 0.2) is 54.6 Å². The summed E-state index contributed by atoms with van der Waals surface area (Å²) >= 11 is 17.5. The van der Waals surface area contributed by atoms with Gasteiger partial charge in [0.25, 0.3) is 5.69 Å². The molecular weight excluding hydrogens is 824 g/mol. The predicted octanol–water partition coefficient (Wildman–Crippen LogP) is 6.30. The Kier molecular flexibility index (Phi) is 24.8. The van der Waals surface area contributed by atoms with Crippen LogP contribution in [0.5, 0.6) is 11.5 Å². The Balaban J connectivity index is 0.000000801. The fraction of sp³-hybridized carbons (Fsp3) is 0.400. The lowest BCUT2D eigenvalue weighted by Gasteiger charge is -2.31. The van der Waals surface area contributed by atoms with Crippen LogP contribution in [0.4, 0.5) is 11.4 Å². The fourth-order valence-corrected chi connectivity index (χ4v) is 5.29. The molecule has 0 aliphatic heterocycles. The number of carbonyl (C=O) groups excluding carboxylic acids is 2. The van der Waals surface area contributed by atoms with Crippen molar-refractivity contribution in [3.63, 3.8) is 0 Å². The first-order valence-electron chi connectivity index (χ1n) is 16.0. The second-order valence-corrected chi connectivity index (χ2v) is 16.7. The number of ether oxygens (including phenoxy) is 3. The number of aliphatic carboxylic acids is 1. The van der Waals surface area contributed by atoms with E-state index in [0.29, 0.717) is 28.3 Å². The number of halogens is 3. The average Bonchev–Trinajstić information content (AvgIpc) is 3.09. The molecule has 0 aliphatic carbocycles. The number of carboxylic acid groups (broad SMARTS) is 1. The van der Waals surface area contributed by atoms with Crippen molar-refractivity contribution in [2.75, 3.05) is 63.2 Å². The molecule has 0 saturated heterocycles. The van der Waals surface area contributed by atoms with E-state index in [9.17, 15) is 34.0 Å². The smallest absolute Gasteiger partial charge is 0.345 e. The molecule has 15 nitrogen and oxygen atoms in total. The zero-order chi connectivity index (χ0) is 42.5. The summed E-state index contributed by atoms with van der Waals surface area (Å²) in [5.74, 6) is -1.61. The first-order valence-corrected chi connectivity index (χ1v) is 21.5. The van der Waals surface area contributed by atoms with Crippen molar-refractivity contribution in [1.82, 2.24) is 5.32 Å². The van der Waals surface area contributed by atoms with E-state index >= 15 is 0 Å². The first-order chi connectivity index (χ1) is 25.6. The van der Waals surface area contributed by atoms with Gasteiger partial charge in [-0.3, -0.25) is 25.0 Å². The number of alkyl halides is 1. The van der Waals surface area contributed by atoms with E-state index in [4.69, 9.17) is 54.3 Å². The number of hydrogen-bond donors (Lipinski definition) is 3. The van der Waals surface area contributed by atoms with E-state index in [2.05, 4.69) is 36.5 Å². The highest BCUT2D eigenvalue weighted by Gasteiger charge is 2.25. The number of nitro benzene ring substituents is 1. The lowest BCUT2D eigenvalue weighted by molar-refractivity contribution is -0.385. The molecule has 306 valence electrons. The maximum Gasteiger partial charge on any atom is 0.345 e. The number of anilines is 1. The molecule has 0 radical (unpaired) electrons. The van der Waals surface area contributed by atoms with Crippen molar-refractivity contribution in [3.8, 4) is 11.5 Å². The van der Waals surface area contributed by atoms with Gasteiger partial charge >= 0.3 is 11.9 Å². The minimum Gasteiger partial charge on any atom is -0.778 e. The number of amides is 1. The van der Waals surface area contributed by atoms with Crippen molar-refractivity contribution in [2.24, 2.45) is 0 Å². The van der Waals surface area contributed by atoms with Crippen LogP contribution < -0.4 is 19.8 Å². The van der Waals surface area contributed by atoms with Gasteiger partial charge in [-0.2, -0.15) is 0 Å². The number of esters is 1. The predicted molar refractivity (Wildman–Crippen MR) is 217 cm³/mol. The molecule has 55 heavy (non-hydrogen) atoms. The van der Waals surface area contributed by atoms with Gasteiger partial charge in [-0.25, -0.2) is 4.79 Å². The number of nitro groups is 1. The molecule has 0 aliphatic rings.